The van der Waals surface area contributed by atoms with E-state index in [1.165, 1.54) is 5.56 Å². The van der Waals surface area contributed by atoms with Crippen LogP contribution in [0.3, 0.4) is 0 Å². The predicted octanol–water partition coefficient (Wildman–Crippen LogP) is 2.56. The summed E-state index contributed by atoms with van der Waals surface area (Å²) in [7, 11) is 2.01. The summed E-state index contributed by atoms with van der Waals surface area (Å²) < 4.78 is 2.03. The normalized spacial score (nSPS) is 20.7. The molecule has 6 nitrogen and oxygen atoms in total. The van der Waals surface area contributed by atoms with Gasteiger partial charge in [0.1, 0.15) is 12.2 Å². The number of rotatable bonds is 4. The van der Waals surface area contributed by atoms with Crippen molar-refractivity contribution in [1.29, 1.82) is 0 Å². The summed E-state index contributed by atoms with van der Waals surface area (Å²) in [6.07, 6.45) is 1.77. The lowest BCUT2D eigenvalue weighted by Crippen LogP contribution is -2.61. The van der Waals surface area contributed by atoms with E-state index >= 15 is 0 Å². The van der Waals surface area contributed by atoms with Crippen molar-refractivity contribution in [3.63, 3.8) is 0 Å². The SMILES string of the molecule is Cn1cnnc1C1CN(Cc2ccccc2)CC12CN(C(=O)c1ccccc1)C2. The Bertz CT molecular complexity index is 994. The molecule has 2 aliphatic rings. The maximum Gasteiger partial charge on any atom is 0.253 e. The van der Waals surface area contributed by atoms with Gasteiger partial charge < -0.3 is 9.47 Å². The van der Waals surface area contributed by atoms with Gasteiger partial charge in [-0.25, -0.2) is 0 Å². The summed E-state index contributed by atoms with van der Waals surface area (Å²) in [6.45, 7) is 4.36. The average molecular weight is 387 g/mol. The zero-order valence-electron chi connectivity index (χ0n) is 16.6. The Balaban J connectivity index is 1.37. The van der Waals surface area contributed by atoms with Crippen molar-refractivity contribution in [3.8, 4) is 0 Å². The summed E-state index contributed by atoms with van der Waals surface area (Å²) in [5, 5.41) is 8.54. The average Bonchev–Trinajstić information content (AvgIpc) is 3.31. The summed E-state index contributed by atoms with van der Waals surface area (Å²) in [6, 6.07) is 20.1. The van der Waals surface area contributed by atoms with Gasteiger partial charge in [0.15, 0.2) is 0 Å². The van der Waals surface area contributed by atoms with E-state index in [1.54, 1.807) is 6.33 Å². The van der Waals surface area contributed by atoms with Crippen LogP contribution in [0.1, 0.15) is 27.7 Å². The Labute approximate surface area is 170 Å². The number of aromatic nitrogens is 3. The Morgan fingerprint density at radius 1 is 1.03 bits per heavy atom. The molecule has 0 aliphatic carbocycles. The van der Waals surface area contributed by atoms with E-state index in [2.05, 4.69) is 45.4 Å². The molecule has 1 unspecified atom stereocenters. The molecule has 5 rings (SSSR count). The number of nitrogens with zero attached hydrogens (tertiary/aromatic N) is 5. The van der Waals surface area contributed by atoms with Crippen LogP contribution in [-0.4, -0.2) is 56.7 Å². The van der Waals surface area contributed by atoms with Crippen LogP contribution in [0, 0.1) is 5.41 Å². The highest BCUT2D eigenvalue weighted by atomic mass is 16.2. The fourth-order valence-corrected chi connectivity index (χ4v) is 4.94. The molecule has 1 aromatic heterocycles. The quantitative estimate of drug-likeness (QED) is 0.690. The van der Waals surface area contributed by atoms with E-state index < -0.39 is 0 Å². The van der Waals surface area contributed by atoms with Crippen molar-refractivity contribution in [2.75, 3.05) is 26.2 Å². The predicted molar refractivity (Wildman–Crippen MR) is 110 cm³/mol. The maximum atomic E-state index is 12.9. The molecule has 3 aromatic rings. The smallest absolute Gasteiger partial charge is 0.253 e. The summed E-state index contributed by atoms with van der Waals surface area (Å²) in [5.74, 6) is 1.42. The van der Waals surface area contributed by atoms with Crippen molar-refractivity contribution in [3.05, 3.63) is 83.9 Å². The van der Waals surface area contributed by atoms with E-state index in [-0.39, 0.29) is 17.2 Å². The molecule has 29 heavy (non-hydrogen) atoms. The topological polar surface area (TPSA) is 54.3 Å². The minimum Gasteiger partial charge on any atom is -0.337 e. The third kappa shape index (κ3) is 3.23. The first-order chi connectivity index (χ1) is 14.1. The largest absolute Gasteiger partial charge is 0.337 e. The van der Waals surface area contributed by atoms with E-state index in [9.17, 15) is 4.79 Å². The van der Waals surface area contributed by atoms with Crippen LogP contribution >= 0.6 is 0 Å². The molecular weight excluding hydrogens is 362 g/mol. The molecule has 3 heterocycles. The van der Waals surface area contributed by atoms with E-state index in [0.717, 1.165) is 44.1 Å². The zero-order chi connectivity index (χ0) is 19.8. The maximum absolute atomic E-state index is 12.9. The number of benzene rings is 2. The minimum absolute atomic E-state index is 0.0417. The Hall–Kier alpha value is -2.99. The second-order valence-electron chi connectivity index (χ2n) is 8.40. The molecule has 148 valence electrons. The van der Waals surface area contributed by atoms with Crippen LogP contribution < -0.4 is 0 Å². The van der Waals surface area contributed by atoms with Crippen LogP contribution in [0.4, 0.5) is 0 Å². The molecule has 2 fully saturated rings. The van der Waals surface area contributed by atoms with Gasteiger partial charge in [0.05, 0.1) is 0 Å². The second-order valence-corrected chi connectivity index (χ2v) is 8.40. The molecule has 1 atom stereocenters. The number of carbonyl (C=O) groups excluding carboxylic acids is 1. The van der Waals surface area contributed by atoms with Gasteiger partial charge in [-0.3, -0.25) is 9.69 Å². The number of hydrogen-bond donors (Lipinski definition) is 0. The van der Waals surface area contributed by atoms with Gasteiger partial charge >= 0.3 is 0 Å². The standard InChI is InChI=1S/C23H25N5O/c1-26-17-24-25-21(26)20-13-27(12-18-8-4-2-5-9-18)14-23(20)15-28(16-23)22(29)19-10-6-3-7-11-19/h2-11,17,20H,12-16H2,1H3. The van der Waals surface area contributed by atoms with Gasteiger partial charge in [0.2, 0.25) is 0 Å². The highest BCUT2D eigenvalue weighted by molar-refractivity contribution is 5.94. The molecule has 2 aliphatic heterocycles. The monoisotopic (exact) mass is 387 g/mol. The molecule has 1 amide bonds. The first-order valence-electron chi connectivity index (χ1n) is 10.1. The third-order valence-corrected chi connectivity index (χ3v) is 6.35. The summed E-state index contributed by atoms with van der Waals surface area (Å²) >= 11 is 0. The van der Waals surface area contributed by atoms with E-state index in [4.69, 9.17) is 0 Å². The van der Waals surface area contributed by atoms with Crippen molar-refractivity contribution < 1.29 is 4.79 Å². The summed E-state index contributed by atoms with van der Waals surface area (Å²) in [5.41, 5.74) is 2.12. The van der Waals surface area contributed by atoms with Crippen molar-refractivity contribution in [2.45, 2.75) is 12.5 Å². The summed E-state index contributed by atoms with van der Waals surface area (Å²) in [4.78, 5) is 17.4. The van der Waals surface area contributed by atoms with E-state index in [1.807, 2.05) is 46.8 Å². The molecular formula is C23H25N5O. The second kappa shape index (κ2) is 7.12. The van der Waals surface area contributed by atoms with Gasteiger partial charge in [-0.2, -0.15) is 0 Å². The van der Waals surface area contributed by atoms with Crippen LogP contribution in [0.25, 0.3) is 0 Å². The van der Waals surface area contributed by atoms with E-state index in [0.29, 0.717) is 0 Å². The Kier molecular flexibility index (Phi) is 4.43. The molecule has 2 aromatic carbocycles. The number of carbonyl (C=O) groups is 1. The van der Waals surface area contributed by atoms with Gasteiger partial charge in [-0.15, -0.1) is 10.2 Å². The first-order valence-corrected chi connectivity index (χ1v) is 10.1. The lowest BCUT2D eigenvalue weighted by Gasteiger charge is -2.50. The van der Waals surface area contributed by atoms with Crippen LogP contribution in [0.2, 0.25) is 0 Å². The number of amides is 1. The molecule has 0 radical (unpaired) electrons. The Morgan fingerprint density at radius 3 is 2.38 bits per heavy atom. The molecule has 6 heteroatoms. The van der Waals surface area contributed by atoms with Crippen molar-refractivity contribution >= 4 is 5.91 Å². The Morgan fingerprint density at radius 2 is 1.72 bits per heavy atom. The molecule has 1 spiro atoms. The van der Waals surface area contributed by atoms with Gasteiger partial charge in [0, 0.05) is 56.7 Å². The first kappa shape index (κ1) is 18.1. The van der Waals surface area contributed by atoms with Crippen molar-refractivity contribution in [2.24, 2.45) is 12.5 Å². The number of likely N-dealkylation sites (tertiary alicyclic amines) is 2. The lowest BCUT2D eigenvalue weighted by atomic mass is 9.71. The fourth-order valence-electron chi connectivity index (χ4n) is 4.94. The lowest BCUT2D eigenvalue weighted by molar-refractivity contribution is 0.00141. The van der Waals surface area contributed by atoms with Crippen LogP contribution in [0.15, 0.2) is 67.0 Å². The number of hydrogen-bond acceptors (Lipinski definition) is 4. The highest BCUT2D eigenvalue weighted by Gasteiger charge is 2.57. The van der Waals surface area contributed by atoms with Crippen LogP contribution in [0.5, 0.6) is 0 Å². The molecule has 0 N–H and O–H groups in total. The number of aryl methyl sites for hydroxylation is 1. The molecule has 0 bridgehead atoms. The molecule has 2 saturated heterocycles. The zero-order valence-corrected chi connectivity index (χ0v) is 16.6. The van der Waals surface area contributed by atoms with Crippen LogP contribution in [-0.2, 0) is 13.6 Å². The fraction of sp³-hybridized carbons (Fsp3) is 0.348. The van der Waals surface area contributed by atoms with Crippen molar-refractivity contribution in [1.82, 2.24) is 24.6 Å². The minimum atomic E-state index is 0.0417. The third-order valence-electron chi connectivity index (χ3n) is 6.35. The van der Waals surface area contributed by atoms with Gasteiger partial charge in [0.25, 0.3) is 5.91 Å². The van der Waals surface area contributed by atoms with Gasteiger partial charge in [-0.05, 0) is 17.7 Å². The molecule has 0 saturated carbocycles. The van der Waals surface area contributed by atoms with Gasteiger partial charge in [-0.1, -0.05) is 48.5 Å². The highest BCUT2D eigenvalue weighted by Crippen LogP contribution is 2.49.